The van der Waals surface area contributed by atoms with E-state index in [1.165, 1.54) is 65.9 Å². The molecular formula is C34H24N2. The van der Waals surface area contributed by atoms with Crippen LogP contribution in [0.1, 0.15) is 25.0 Å². The maximum Gasteiger partial charge on any atom is 0.0547 e. The first-order chi connectivity index (χ1) is 17.6. The van der Waals surface area contributed by atoms with E-state index >= 15 is 0 Å². The van der Waals surface area contributed by atoms with Gasteiger partial charge in [-0.3, -0.25) is 4.98 Å². The number of para-hydroxylation sites is 1. The predicted octanol–water partition coefficient (Wildman–Crippen LogP) is 8.79. The van der Waals surface area contributed by atoms with Gasteiger partial charge in [0.25, 0.3) is 0 Å². The summed E-state index contributed by atoms with van der Waals surface area (Å²) in [6.45, 7) is 4.70. The molecule has 8 rings (SSSR count). The summed E-state index contributed by atoms with van der Waals surface area (Å²) in [5.41, 5.74) is 9.21. The third-order valence-corrected chi connectivity index (χ3v) is 8.21. The molecule has 2 heteroatoms. The van der Waals surface area contributed by atoms with Crippen molar-refractivity contribution in [3.63, 3.8) is 0 Å². The second-order valence-electron chi connectivity index (χ2n) is 10.5. The van der Waals surface area contributed by atoms with Gasteiger partial charge in [0.2, 0.25) is 0 Å². The molecule has 0 N–H and O–H groups in total. The van der Waals surface area contributed by atoms with Gasteiger partial charge in [-0.2, -0.15) is 0 Å². The van der Waals surface area contributed by atoms with Crippen LogP contribution in [-0.4, -0.2) is 9.55 Å². The molecule has 0 aliphatic heterocycles. The fourth-order valence-electron chi connectivity index (χ4n) is 6.40. The highest BCUT2D eigenvalue weighted by atomic mass is 15.0. The summed E-state index contributed by atoms with van der Waals surface area (Å²) in [5, 5.41) is 7.51. The normalized spacial score (nSPS) is 14.1. The van der Waals surface area contributed by atoms with E-state index in [2.05, 4.69) is 120 Å². The molecule has 2 nitrogen and oxygen atoms in total. The fourth-order valence-corrected chi connectivity index (χ4v) is 6.40. The minimum Gasteiger partial charge on any atom is -0.309 e. The van der Waals surface area contributed by atoms with Gasteiger partial charge in [0.15, 0.2) is 0 Å². The fraction of sp³-hybridized carbons (Fsp3) is 0.0882. The highest BCUT2D eigenvalue weighted by Crippen LogP contribution is 2.50. The quantitative estimate of drug-likeness (QED) is 0.239. The maximum atomic E-state index is 4.29. The summed E-state index contributed by atoms with van der Waals surface area (Å²) < 4.78 is 2.41. The van der Waals surface area contributed by atoms with E-state index in [0.717, 1.165) is 5.39 Å². The lowest BCUT2D eigenvalue weighted by atomic mass is 9.82. The van der Waals surface area contributed by atoms with Crippen LogP contribution in [0.5, 0.6) is 0 Å². The van der Waals surface area contributed by atoms with Gasteiger partial charge >= 0.3 is 0 Å². The minimum atomic E-state index is 0.00300. The topological polar surface area (TPSA) is 17.8 Å². The molecule has 0 radical (unpaired) electrons. The highest BCUT2D eigenvalue weighted by Gasteiger charge is 2.35. The number of pyridine rings is 1. The Morgan fingerprint density at radius 1 is 0.583 bits per heavy atom. The van der Waals surface area contributed by atoms with Crippen LogP contribution in [0, 0.1) is 0 Å². The first-order valence-corrected chi connectivity index (χ1v) is 12.6. The lowest BCUT2D eigenvalue weighted by molar-refractivity contribution is 0.661. The van der Waals surface area contributed by atoms with Gasteiger partial charge in [0, 0.05) is 39.7 Å². The molecule has 0 amide bonds. The molecule has 36 heavy (non-hydrogen) atoms. The molecule has 0 spiro atoms. The van der Waals surface area contributed by atoms with E-state index in [1.807, 2.05) is 12.4 Å². The molecule has 0 bridgehead atoms. The Hall–Kier alpha value is -4.43. The number of nitrogens with zero attached hydrogens (tertiary/aromatic N) is 2. The monoisotopic (exact) mass is 460 g/mol. The van der Waals surface area contributed by atoms with Gasteiger partial charge in [-0.25, -0.2) is 0 Å². The number of fused-ring (bicyclic) bond motifs is 8. The Labute approximate surface area is 209 Å². The van der Waals surface area contributed by atoms with Crippen molar-refractivity contribution in [3.8, 4) is 16.8 Å². The zero-order valence-electron chi connectivity index (χ0n) is 20.3. The highest BCUT2D eigenvalue weighted by molar-refractivity contribution is 6.14. The molecule has 0 fully saturated rings. The van der Waals surface area contributed by atoms with Crippen molar-refractivity contribution in [3.05, 3.63) is 121 Å². The van der Waals surface area contributed by atoms with Gasteiger partial charge in [0.05, 0.1) is 11.0 Å². The van der Waals surface area contributed by atoms with Crippen LogP contribution >= 0.6 is 0 Å². The van der Waals surface area contributed by atoms with Crippen molar-refractivity contribution >= 4 is 43.4 Å². The lowest BCUT2D eigenvalue weighted by Crippen LogP contribution is -2.14. The van der Waals surface area contributed by atoms with Crippen LogP contribution in [0.15, 0.2) is 109 Å². The third-order valence-electron chi connectivity index (χ3n) is 8.21. The zero-order valence-corrected chi connectivity index (χ0v) is 20.3. The summed E-state index contributed by atoms with van der Waals surface area (Å²) in [6, 6.07) is 36.0. The lowest BCUT2D eigenvalue weighted by Gasteiger charge is -2.21. The summed E-state index contributed by atoms with van der Waals surface area (Å²) in [5.74, 6) is 0. The van der Waals surface area contributed by atoms with Crippen molar-refractivity contribution in [2.24, 2.45) is 0 Å². The maximum absolute atomic E-state index is 4.29. The molecule has 0 atom stereocenters. The zero-order chi connectivity index (χ0) is 24.0. The Morgan fingerprint density at radius 2 is 1.42 bits per heavy atom. The predicted molar refractivity (Wildman–Crippen MR) is 151 cm³/mol. The molecule has 1 aliphatic rings. The number of rotatable bonds is 1. The summed E-state index contributed by atoms with van der Waals surface area (Å²) in [4.78, 5) is 4.29. The summed E-state index contributed by atoms with van der Waals surface area (Å²) in [6.07, 6.45) is 3.80. The molecular weight excluding hydrogens is 436 g/mol. The standard InChI is InChI=1S/C34H24N2/c1-34(2)30-9-5-3-7-26(30)28-16-24-19-33-29(17-23(24)18-31(28)34)27-8-4-6-10-32(27)36(33)25-12-11-22-20-35-14-13-21(22)15-25/h3-20H,1-2H3. The first-order valence-electron chi connectivity index (χ1n) is 12.6. The van der Waals surface area contributed by atoms with E-state index in [4.69, 9.17) is 0 Å². The summed E-state index contributed by atoms with van der Waals surface area (Å²) >= 11 is 0. The SMILES string of the molecule is CC1(C)c2ccccc2-c2cc3cc4c(cc3cc21)c1ccccc1n4-c1ccc2cnccc2c1. The van der Waals surface area contributed by atoms with Gasteiger partial charge in [-0.15, -0.1) is 0 Å². The number of hydrogen-bond donors (Lipinski definition) is 0. The van der Waals surface area contributed by atoms with Crippen LogP contribution in [0.25, 0.3) is 60.2 Å². The first kappa shape index (κ1) is 19.8. The molecule has 170 valence electrons. The van der Waals surface area contributed by atoms with Gasteiger partial charge in [-0.1, -0.05) is 62.4 Å². The Bertz CT molecular complexity index is 2020. The van der Waals surface area contributed by atoms with Crippen molar-refractivity contribution in [2.75, 3.05) is 0 Å². The Balaban J connectivity index is 1.47. The van der Waals surface area contributed by atoms with Crippen LogP contribution in [0.4, 0.5) is 0 Å². The third kappa shape index (κ3) is 2.54. The molecule has 7 aromatic rings. The smallest absolute Gasteiger partial charge is 0.0547 e. The van der Waals surface area contributed by atoms with Crippen LogP contribution in [-0.2, 0) is 5.41 Å². The minimum absolute atomic E-state index is 0.00300. The number of hydrogen-bond acceptors (Lipinski definition) is 1. The van der Waals surface area contributed by atoms with E-state index in [9.17, 15) is 0 Å². The molecule has 5 aromatic carbocycles. The largest absolute Gasteiger partial charge is 0.309 e. The average molecular weight is 461 g/mol. The molecule has 0 unspecified atom stereocenters. The van der Waals surface area contributed by atoms with Crippen molar-refractivity contribution in [2.45, 2.75) is 19.3 Å². The van der Waals surface area contributed by atoms with Gasteiger partial charge in [0.1, 0.15) is 0 Å². The molecule has 0 saturated carbocycles. The van der Waals surface area contributed by atoms with E-state index in [-0.39, 0.29) is 5.41 Å². The Kier molecular flexibility index (Phi) is 3.76. The van der Waals surface area contributed by atoms with Crippen molar-refractivity contribution in [1.82, 2.24) is 9.55 Å². The number of benzene rings is 5. The van der Waals surface area contributed by atoms with Crippen LogP contribution in [0.3, 0.4) is 0 Å². The average Bonchev–Trinajstić information content (AvgIpc) is 3.34. The molecule has 0 saturated heterocycles. The van der Waals surface area contributed by atoms with Crippen molar-refractivity contribution < 1.29 is 0 Å². The molecule has 1 aliphatic carbocycles. The number of aromatic nitrogens is 2. The van der Waals surface area contributed by atoms with Gasteiger partial charge < -0.3 is 4.57 Å². The van der Waals surface area contributed by atoms with E-state index in [1.54, 1.807) is 0 Å². The molecule has 2 aromatic heterocycles. The van der Waals surface area contributed by atoms with E-state index < -0.39 is 0 Å². The van der Waals surface area contributed by atoms with Gasteiger partial charge in [-0.05, 0) is 86.9 Å². The second-order valence-corrected chi connectivity index (χ2v) is 10.5. The molecule has 2 heterocycles. The van der Waals surface area contributed by atoms with Crippen LogP contribution in [0.2, 0.25) is 0 Å². The Morgan fingerprint density at radius 3 is 2.36 bits per heavy atom. The summed E-state index contributed by atoms with van der Waals surface area (Å²) in [7, 11) is 0. The second kappa shape index (κ2) is 6.83. The van der Waals surface area contributed by atoms with E-state index in [0.29, 0.717) is 0 Å². The van der Waals surface area contributed by atoms with Crippen LogP contribution < -0.4 is 0 Å². The van der Waals surface area contributed by atoms with Crippen molar-refractivity contribution in [1.29, 1.82) is 0 Å².